The van der Waals surface area contributed by atoms with E-state index >= 15 is 0 Å². The highest BCUT2D eigenvalue weighted by molar-refractivity contribution is 6.10. The fourth-order valence-corrected chi connectivity index (χ4v) is 4.32. The number of imide groups is 1. The summed E-state index contributed by atoms with van der Waals surface area (Å²) in [7, 11) is 1.59. The first kappa shape index (κ1) is 25.4. The van der Waals surface area contributed by atoms with Crippen molar-refractivity contribution in [3.63, 3.8) is 0 Å². The molecule has 0 N–H and O–H groups in total. The molecule has 0 radical (unpaired) electrons. The highest BCUT2D eigenvalue weighted by atomic mass is 16.5. The zero-order valence-electron chi connectivity index (χ0n) is 20.1. The van der Waals surface area contributed by atoms with E-state index in [9.17, 15) is 14.4 Å². The number of hydrogen-bond acceptors (Lipinski definition) is 6. The van der Waals surface area contributed by atoms with Crippen LogP contribution in [0.2, 0.25) is 0 Å². The molecule has 3 rings (SSSR count). The second kappa shape index (κ2) is 11.7. The number of amides is 3. The van der Waals surface area contributed by atoms with Crippen LogP contribution in [0.25, 0.3) is 0 Å². The van der Waals surface area contributed by atoms with Crippen molar-refractivity contribution >= 4 is 17.7 Å². The average Bonchev–Trinajstić information content (AvgIpc) is 3.07. The van der Waals surface area contributed by atoms with E-state index in [-0.39, 0.29) is 43.1 Å². The molecule has 1 atom stereocenters. The van der Waals surface area contributed by atoms with E-state index in [0.717, 1.165) is 0 Å². The quantitative estimate of drug-likeness (QED) is 0.352. The van der Waals surface area contributed by atoms with Crippen LogP contribution in [-0.4, -0.2) is 72.0 Å². The van der Waals surface area contributed by atoms with Crippen LogP contribution < -0.4 is 4.74 Å². The molecule has 0 aliphatic carbocycles. The zero-order valence-corrected chi connectivity index (χ0v) is 20.1. The minimum absolute atomic E-state index is 0.0265. The van der Waals surface area contributed by atoms with E-state index in [4.69, 9.17) is 9.47 Å². The van der Waals surface area contributed by atoms with Crippen LogP contribution in [-0.2, 0) is 24.5 Å². The van der Waals surface area contributed by atoms with E-state index in [0.29, 0.717) is 37.5 Å². The summed E-state index contributed by atoms with van der Waals surface area (Å²) in [6.07, 6.45) is 3.67. The molecule has 2 aromatic rings. The number of nitrogens with zero attached hydrogens (tertiary/aromatic N) is 3. The molecule has 0 bridgehead atoms. The van der Waals surface area contributed by atoms with Crippen molar-refractivity contribution in [1.82, 2.24) is 14.8 Å². The van der Waals surface area contributed by atoms with Gasteiger partial charge in [0.1, 0.15) is 5.75 Å². The van der Waals surface area contributed by atoms with Gasteiger partial charge in [0.2, 0.25) is 17.7 Å². The molecule has 1 aliphatic heterocycles. The van der Waals surface area contributed by atoms with Gasteiger partial charge in [-0.05, 0) is 38.0 Å². The molecule has 1 aromatic carbocycles. The Morgan fingerprint density at radius 3 is 2.56 bits per heavy atom. The summed E-state index contributed by atoms with van der Waals surface area (Å²) in [5, 5.41) is 0. The largest absolute Gasteiger partial charge is 0.492 e. The van der Waals surface area contributed by atoms with Gasteiger partial charge in [-0.3, -0.25) is 24.3 Å². The summed E-state index contributed by atoms with van der Waals surface area (Å²) in [6.45, 7) is 5.27. The Hall–Kier alpha value is -3.26. The molecule has 8 nitrogen and oxygen atoms in total. The van der Waals surface area contributed by atoms with E-state index in [1.807, 2.05) is 44.2 Å². The van der Waals surface area contributed by atoms with Crippen LogP contribution in [0.1, 0.15) is 38.7 Å². The fourth-order valence-electron chi connectivity index (χ4n) is 4.32. The first-order valence-electron chi connectivity index (χ1n) is 11.6. The zero-order chi connectivity index (χ0) is 24.6. The SMILES string of the molecule is COCCN(C(=O)CC1(c2ccccc2)CC(=O)N(CCCOc2cccnc2)C1=O)C(C)C. The Labute approximate surface area is 200 Å². The Bertz CT molecular complexity index is 967. The van der Waals surface area contributed by atoms with Crippen LogP contribution in [0.5, 0.6) is 5.75 Å². The van der Waals surface area contributed by atoms with Crippen LogP contribution in [0.15, 0.2) is 54.9 Å². The topological polar surface area (TPSA) is 89.0 Å². The Morgan fingerprint density at radius 1 is 1.15 bits per heavy atom. The molecule has 1 saturated heterocycles. The number of benzene rings is 1. The van der Waals surface area contributed by atoms with Crippen LogP contribution in [0, 0.1) is 0 Å². The normalized spacial score (nSPS) is 17.9. The van der Waals surface area contributed by atoms with Gasteiger partial charge >= 0.3 is 0 Å². The van der Waals surface area contributed by atoms with E-state index < -0.39 is 5.41 Å². The molecule has 0 spiro atoms. The van der Waals surface area contributed by atoms with Crippen molar-refractivity contribution in [2.45, 2.75) is 44.6 Å². The predicted octanol–water partition coefficient (Wildman–Crippen LogP) is 2.82. The summed E-state index contributed by atoms with van der Waals surface area (Å²) in [6, 6.07) is 12.7. The first-order valence-corrected chi connectivity index (χ1v) is 11.6. The second-order valence-corrected chi connectivity index (χ2v) is 8.72. The lowest BCUT2D eigenvalue weighted by Gasteiger charge is -2.32. The lowest BCUT2D eigenvalue weighted by atomic mass is 9.75. The van der Waals surface area contributed by atoms with Crippen LogP contribution >= 0.6 is 0 Å². The molecular formula is C26H33N3O5. The van der Waals surface area contributed by atoms with Gasteiger partial charge < -0.3 is 14.4 Å². The molecule has 3 amide bonds. The number of likely N-dealkylation sites (tertiary alicyclic amines) is 1. The van der Waals surface area contributed by atoms with Gasteiger partial charge in [-0.15, -0.1) is 0 Å². The van der Waals surface area contributed by atoms with Gasteiger partial charge in [-0.25, -0.2) is 0 Å². The van der Waals surface area contributed by atoms with Gasteiger partial charge in [0.05, 0.1) is 24.8 Å². The number of rotatable bonds is 12. The maximum absolute atomic E-state index is 13.7. The van der Waals surface area contributed by atoms with E-state index in [2.05, 4.69) is 4.98 Å². The van der Waals surface area contributed by atoms with Crippen molar-refractivity contribution in [3.8, 4) is 5.75 Å². The smallest absolute Gasteiger partial charge is 0.240 e. The number of aromatic nitrogens is 1. The summed E-state index contributed by atoms with van der Waals surface area (Å²) >= 11 is 0. The van der Waals surface area contributed by atoms with Crippen LogP contribution in [0.4, 0.5) is 0 Å². The number of methoxy groups -OCH3 is 1. The number of carbonyl (C=O) groups is 3. The van der Waals surface area contributed by atoms with Crippen molar-refractivity contribution in [1.29, 1.82) is 0 Å². The Morgan fingerprint density at radius 2 is 1.91 bits per heavy atom. The first-order chi connectivity index (χ1) is 16.4. The van der Waals surface area contributed by atoms with Crippen molar-refractivity contribution < 1.29 is 23.9 Å². The predicted molar refractivity (Wildman–Crippen MR) is 127 cm³/mol. The highest BCUT2D eigenvalue weighted by Gasteiger charge is 2.53. The number of pyridine rings is 1. The average molecular weight is 468 g/mol. The van der Waals surface area contributed by atoms with E-state index in [1.54, 1.807) is 36.5 Å². The van der Waals surface area contributed by atoms with E-state index in [1.165, 1.54) is 4.90 Å². The van der Waals surface area contributed by atoms with Gasteiger partial charge in [-0.2, -0.15) is 0 Å². The van der Waals surface area contributed by atoms with Gasteiger partial charge in [0, 0.05) is 45.3 Å². The standard InChI is InChI=1S/C26H33N3O5/c1-20(2)28(14-16-33-3)23(30)17-26(21-9-5-4-6-10-21)18-24(31)29(25(26)32)13-8-15-34-22-11-7-12-27-19-22/h4-7,9-12,19-20H,8,13-18H2,1-3H3. The minimum Gasteiger partial charge on any atom is -0.492 e. The number of hydrogen-bond donors (Lipinski definition) is 0. The maximum Gasteiger partial charge on any atom is 0.240 e. The third-order valence-corrected chi connectivity index (χ3v) is 6.10. The summed E-state index contributed by atoms with van der Waals surface area (Å²) in [4.78, 5) is 47.1. The molecular weight excluding hydrogens is 434 g/mol. The maximum atomic E-state index is 13.7. The fraction of sp³-hybridized carbons (Fsp3) is 0.462. The lowest BCUT2D eigenvalue weighted by molar-refractivity contribution is -0.143. The molecule has 1 unspecified atom stereocenters. The van der Waals surface area contributed by atoms with Crippen molar-refractivity contribution in [2.24, 2.45) is 0 Å². The van der Waals surface area contributed by atoms with Crippen molar-refractivity contribution in [3.05, 3.63) is 60.4 Å². The monoisotopic (exact) mass is 467 g/mol. The van der Waals surface area contributed by atoms with Gasteiger partial charge in [-0.1, -0.05) is 30.3 Å². The molecule has 2 heterocycles. The molecule has 1 aliphatic rings. The highest BCUT2D eigenvalue weighted by Crippen LogP contribution is 2.40. The molecule has 182 valence electrons. The third-order valence-electron chi connectivity index (χ3n) is 6.10. The molecule has 1 fully saturated rings. The van der Waals surface area contributed by atoms with Crippen LogP contribution in [0.3, 0.4) is 0 Å². The summed E-state index contributed by atoms with van der Waals surface area (Å²) in [5.74, 6) is -0.126. The molecule has 1 aromatic heterocycles. The number of ether oxygens (including phenoxy) is 2. The second-order valence-electron chi connectivity index (χ2n) is 8.72. The summed E-state index contributed by atoms with van der Waals surface area (Å²) < 4.78 is 10.8. The number of carbonyl (C=O) groups excluding carboxylic acids is 3. The molecule has 0 saturated carbocycles. The minimum atomic E-state index is -1.21. The Balaban J connectivity index is 1.76. The third kappa shape index (κ3) is 5.80. The van der Waals surface area contributed by atoms with Crippen molar-refractivity contribution in [2.75, 3.05) is 33.4 Å². The lowest BCUT2D eigenvalue weighted by Crippen LogP contribution is -2.46. The molecule has 8 heteroatoms. The van der Waals surface area contributed by atoms with Gasteiger partial charge in [0.15, 0.2) is 0 Å². The summed E-state index contributed by atoms with van der Waals surface area (Å²) in [5.41, 5.74) is -0.522. The Kier molecular flexibility index (Phi) is 8.76. The van der Waals surface area contributed by atoms with Gasteiger partial charge in [0.25, 0.3) is 0 Å². The molecule has 34 heavy (non-hydrogen) atoms.